The van der Waals surface area contributed by atoms with Crippen molar-refractivity contribution in [2.24, 2.45) is 0 Å². The molecule has 120 valence electrons. The van der Waals surface area contributed by atoms with Crippen LogP contribution in [0, 0.1) is 13.8 Å². The minimum atomic E-state index is 0.725. The van der Waals surface area contributed by atoms with Crippen LogP contribution in [0.15, 0.2) is 30.3 Å². The van der Waals surface area contributed by atoms with Crippen LogP contribution in [0.4, 0.5) is 11.6 Å². The lowest BCUT2D eigenvalue weighted by Gasteiger charge is -2.08. The van der Waals surface area contributed by atoms with Crippen LogP contribution in [-0.4, -0.2) is 33.5 Å². The number of halogens is 1. The van der Waals surface area contributed by atoms with Crippen molar-refractivity contribution in [1.82, 2.24) is 20.4 Å². The summed E-state index contributed by atoms with van der Waals surface area (Å²) in [6.07, 6.45) is 0. The average Bonchev–Trinajstić information content (AvgIpc) is 3.11. The van der Waals surface area contributed by atoms with Gasteiger partial charge in [-0.25, -0.2) is 0 Å². The number of anilines is 2. The summed E-state index contributed by atoms with van der Waals surface area (Å²) in [7, 11) is 0. The Balaban J connectivity index is 1.63. The maximum Gasteiger partial charge on any atom is 0.156 e. The quantitative estimate of drug-likeness (QED) is 0.521. The van der Waals surface area contributed by atoms with Gasteiger partial charge in [-0.3, -0.25) is 10.2 Å². The first-order valence-corrected chi connectivity index (χ1v) is 7.82. The lowest BCUT2D eigenvalue weighted by atomic mass is 10.1. The van der Waals surface area contributed by atoms with Gasteiger partial charge in [-0.1, -0.05) is 23.7 Å². The molecular weight excluding hydrogens is 312 g/mol. The number of aromatic nitrogens is 4. The van der Waals surface area contributed by atoms with Gasteiger partial charge in [0, 0.05) is 41.1 Å². The molecule has 0 aliphatic heterocycles. The molecule has 0 bridgehead atoms. The van der Waals surface area contributed by atoms with Gasteiger partial charge in [0.15, 0.2) is 5.82 Å². The zero-order valence-electron chi connectivity index (χ0n) is 13.1. The number of aryl methyl sites for hydroxylation is 2. The van der Waals surface area contributed by atoms with Crippen molar-refractivity contribution in [2.45, 2.75) is 13.8 Å². The van der Waals surface area contributed by atoms with Gasteiger partial charge in [-0.05, 0) is 31.5 Å². The molecule has 0 unspecified atom stereocenters. The molecule has 0 spiro atoms. The third-order valence-electron chi connectivity index (χ3n) is 3.51. The number of nitrogens with zero attached hydrogens (tertiary/aromatic N) is 2. The molecule has 1 aromatic carbocycles. The summed E-state index contributed by atoms with van der Waals surface area (Å²) in [5, 5.41) is 21.7. The lowest BCUT2D eigenvalue weighted by molar-refractivity contribution is 0.996. The third kappa shape index (κ3) is 3.65. The Morgan fingerprint density at radius 2 is 1.74 bits per heavy atom. The fourth-order valence-electron chi connectivity index (χ4n) is 2.41. The number of benzene rings is 1. The van der Waals surface area contributed by atoms with E-state index in [1.807, 2.05) is 44.2 Å². The van der Waals surface area contributed by atoms with E-state index < -0.39 is 0 Å². The monoisotopic (exact) mass is 330 g/mol. The van der Waals surface area contributed by atoms with E-state index in [1.54, 1.807) is 0 Å². The number of aromatic amines is 2. The van der Waals surface area contributed by atoms with E-state index in [0.717, 1.165) is 52.3 Å². The highest BCUT2D eigenvalue weighted by Gasteiger charge is 2.12. The molecule has 7 heteroatoms. The molecule has 4 N–H and O–H groups in total. The maximum absolute atomic E-state index is 5.96. The Morgan fingerprint density at radius 3 is 2.43 bits per heavy atom. The Kier molecular flexibility index (Phi) is 4.52. The molecule has 2 aromatic heterocycles. The second kappa shape index (κ2) is 6.75. The zero-order chi connectivity index (χ0) is 16.2. The van der Waals surface area contributed by atoms with Crippen molar-refractivity contribution >= 4 is 23.2 Å². The molecule has 3 aromatic rings. The molecule has 2 heterocycles. The molecule has 23 heavy (non-hydrogen) atoms. The highest BCUT2D eigenvalue weighted by molar-refractivity contribution is 6.30. The van der Waals surface area contributed by atoms with Crippen LogP contribution in [0.3, 0.4) is 0 Å². The van der Waals surface area contributed by atoms with Crippen molar-refractivity contribution in [3.05, 3.63) is 46.7 Å². The topological polar surface area (TPSA) is 81.4 Å². The van der Waals surface area contributed by atoms with E-state index in [1.165, 1.54) is 0 Å². The summed E-state index contributed by atoms with van der Waals surface area (Å²) in [6.45, 7) is 5.46. The minimum Gasteiger partial charge on any atom is -0.367 e. The molecular formula is C16H19ClN6. The molecule has 0 atom stereocenters. The van der Waals surface area contributed by atoms with Gasteiger partial charge in [0.1, 0.15) is 5.82 Å². The Labute approximate surface area is 139 Å². The summed E-state index contributed by atoms with van der Waals surface area (Å²) in [4.78, 5) is 0. The molecule has 0 fully saturated rings. The van der Waals surface area contributed by atoms with E-state index in [0.29, 0.717) is 0 Å². The van der Waals surface area contributed by atoms with Gasteiger partial charge in [-0.2, -0.15) is 10.2 Å². The van der Waals surface area contributed by atoms with Crippen molar-refractivity contribution in [2.75, 3.05) is 23.7 Å². The van der Waals surface area contributed by atoms with Crippen molar-refractivity contribution in [3.63, 3.8) is 0 Å². The SMILES string of the molecule is Cc1cc(NCCNc2n[nH]c(C)c2-c2ccc(Cl)cc2)n[nH]1. The number of hydrogen-bond acceptors (Lipinski definition) is 4. The summed E-state index contributed by atoms with van der Waals surface area (Å²) < 4.78 is 0. The number of H-pyrrole nitrogens is 2. The normalized spacial score (nSPS) is 10.7. The first-order valence-electron chi connectivity index (χ1n) is 7.44. The van der Waals surface area contributed by atoms with Gasteiger partial charge in [0.25, 0.3) is 0 Å². The summed E-state index contributed by atoms with van der Waals surface area (Å²) in [5.74, 6) is 1.69. The van der Waals surface area contributed by atoms with Crippen molar-refractivity contribution < 1.29 is 0 Å². The van der Waals surface area contributed by atoms with Crippen LogP contribution in [0.2, 0.25) is 5.02 Å². The zero-order valence-corrected chi connectivity index (χ0v) is 13.8. The predicted molar refractivity (Wildman–Crippen MR) is 94.1 cm³/mol. The van der Waals surface area contributed by atoms with Crippen LogP contribution < -0.4 is 10.6 Å². The molecule has 6 nitrogen and oxygen atoms in total. The largest absolute Gasteiger partial charge is 0.367 e. The summed E-state index contributed by atoms with van der Waals surface area (Å²) in [6, 6.07) is 9.73. The minimum absolute atomic E-state index is 0.725. The van der Waals surface area contributed by atoms with E-state index in [9.17, 15) is 0 Å². The fourth-order valence-corrected chi connectivity index (χ4v) is 2.53. The standard InChI is InChI=1S/C16H19ClN6/c1-10-9-14(22-20-10)18-7-8-19-16-15(11(2)21-23-16)12-3-5-13(17)6-4-12/h3-6,9H,7-8H2,1-2H3,(H2,18,20,22)(H2,19,21,23). The van der Waals surface area contributed by atoms with E-state index in [4.69, 9.17) is 11.6 Å². The van der Waals surface area contributed by atoms with Crippen LogP contribution in [0.1, 0.15) is 11.4 Å². The van der Waals surface area contributed by atoms with Gasteiger partial charge >= 0.3 is 0 Å². The van der Waals surface area contributed by atoms with Gasteiger partial charge in [0.2, 0.25) is 0 Å². The molecule has 0 radical (unpaired) electrons. The lowest BCUT2D eigenvalue weighted by Crippen LogP contribution is -2.14. The average molecular weight is 331 g/mol. The van der Waals surface area contributed by atoms with E-state index in [2.05, 4.69) is 31.0 Å². The molecule has 0 aliphatic rings. The highest BCUT2D eigenvalue weighted by atomic mass is 35.5. The molecule has 0 aliphatic carbocycles. The second-order valence-electron chi connectivity index (χ2n) is 5.37. The van der Waals surface area contributed by atoms with E-state index in [-0.39, 0.29) is 0 Å². The summed E-state index contributed by atoms with van der Waals surface area (Å²) in [5.41, 5.74) is 4.20. The van der Waals surface area contributed by atoms with Gasteiger partial charge in [-0.15, -0.1) is 0 Å². The van der Waals surface area contributed by atoms with Crippen LogP contribution in [-0.2, 0) is 0 Å². The maximum atomic E-state index is 5.96. The molecule has 3 rings (SSSR count). The molecule has 0 saturated carbocycles. The molecule has 0 saturated heterocycles. The first kappa shape index (κ1) is 15.4. The Morgan fingerprint density at radius 1 is 1.00 bits per heavy atom. The summed E-state index contributed by atoms with van der Waals surface area (Å²) >= 11 is 5.96. The van der Waals surface area contributed by atoms with E-state index >= 15 is 0 Å². The van der Waals surface area contributed by atoms with Gasteiger partial charge in [0.05, 0.1) is 0 Å². The van der Waals surface area contributed by atoms with Crippen molar-refractivity contribution in [1.29, 1.82) is 0 Å². The van der Waals surface area contributed by atoms with Crippen LogP contribution in [0.5, 0.6) is 0 Å². The van der Waals surface area contributed by atoms with Crippen LogP contribution in [0.25, 0.3) is 11.1 Å². The highest BCUT2D eigenvalue weighted by Crippen LogP contribution is 2.30. The number of rotatable bonds is 6. The van der Waals surface area contributed by atoms with Gasteiger partial charge < -0.3 is 10.6 Å². The Hall–Kier alpha value is -2.47. The third-order valence-corrected chi connectivity index (χ3v) is 3.76. The smallest absolute Gasteiger partial charge is 0.156 e. The molecule has 0 amide bonds. The Bertz CT molecular complexity index is 774. The number of nitrogens with one attached hydrogen (secondary N) is 4. The van der Waals surface area contributed by atoms with Crippen molar-refractivity contribution in [3.8, 4) is 11.1 Å². The van der Waals surface area contributed by atoms with Crippen LogP contribution >= 0.6 is 11.6 Å². The predicted octanol–water partition coefficient (Wildman–Crippen LogP) is 3.59. The fraction of sp³-hybridized carbons (Fsp3) is 0.250. The number of hydrogen-bond donors (Lipinski definition) is 4. The first-order chi connectivity index (χ1) is 11.1. The second-order valence-corrected chi connectivity index (χ2v) is 5.81.